The highest BCUT2D eigenvalue weighted by molar-refractivity contribution is 7.13. The number of rotatable bonds is 5. The van der Waals surface area contributed by atoms with Crippen molar-refractivity contribution in [3.8, 4) is 22.1 Å². The molecule has 4 rings (SSSR count). The van der Waals surface area contributed by atoms with Gasteiger partial charge >= 0.3 is 0 Å². The summed E-state index contributed by atoms with van der Waals surface area (Å²) in [7, 11) is 0. The quantitative estimate of drug-likeness (QED) is 0.541. The van der Waals surface area contributed by atoms with Gasteiger partial charge in [0.15, 0.2) is 5.82 Å². The minimum atomic E-state index is 0.263. The first-order chi connectivity index (χ1) is 12.3. The third-order valence-electron chi connectivity index (χ3n) is 4.05. The Morgan fingerprint density at radius 1 is 1.04 bits per heavy atom. The van der Waals surface area contributed by atoms with Crippen LogP contribution in [-0.4, -0.2) is 24.5 Å². The first-order valence-corrected chi connectivity index (χ1v) is 8.97. The summed E-state index contributed by atoms with van der Waals surface area (Å²) in [5.41, 5.74) is 2.13. The molecule has 0 saturated carbocycles. The summed E-state index contributed by atoms with van der Waals surface area (Å²) in [6.45, 7) is 2.18. The molecule has 4 aromatic heterocycles. The molecule has 0 amide bonds. The number of imidazole rings is 1. The van der Waals surface area contributed by atoms with Gasteiger partial charge in [0.1, 0.15) is 5.82 Å². The molecule has 5 nitrogen and oxygen atoms in total. The zero-order valence-electron chi connectivity index (χ0n) is 13.8. The Morgan fingerprint density at radius 3 is 2.64 bits per heavy atom. The Bertz CT molecular complexity index is 930. The Balaban J connectivity index is 1.59. The van der Waals surface area contributed by atoms with Crippen LogP contribution in [0.3, 0.4) is 0 Å². The lowest BCUT2D eigenvalue weighted by molar-refractivity contribution is 0.549. The van der Waals surface area contributed by atoms with E-state index in [-0.39, 0.29) is 6.04 Å². The van der Waals surface area contributed by atoms with Crippen molar-refractivity contribution >= 4 is 11.3 Å². The maximum Gasteiger partial charge on any atom is 0.169 e. The average Bonchev–Trinajstić information content (AvgIpc) is 3.35. The molecule has 6 heteroatoms. The van der Waals surface area contributed by atoms with Crippen LogP contribution in [0, 0.1) is 0 Å². The first-order valence-electron chi connectivity index (χ1n) is 8.09. The molecule has 0 fully saturated rings. The van der Waals surface area contributed by atoms with Crippen molar-refractivity contribution in [1.29, 1.82) is 0 Å². The van der Waals surface area contributed by atoms with Crippen molar-refractivity contribution in [3.63, 3.8) is 0 Å². The molecule has 0 bridgehead atoms. The Kier molecular flexibility index (Phi) is 4.35. The van der Waals surface area contributed by atoms with E-state index in [4.69, 9.17) is 0 Å². The van der Waals surface area contributed by atoms with Gasteiger partial charge in [0.25, 0.3) is 0 Å². The minimum absolute atomic E-state index is 0.263. The summed E-state index contributed by atoms with van der Waals surface area (Å²) in [5.74, 6) is 1.63. The normalized spacial score (nSPS) is 12.2. The molecule has 4 heterocycles. The minimum Gasteiger partial charge on any atom is -0.328 e. The van der Waals surface area contributed by atoms with E-state index in [0.717, 1.165) is 28.5 Å². The zero-order valence-corrected chi connectivity index (χ0v) is 14.6. The molecule has 0 N–H and O–H groups in total. The summed E-state index contributed by atoms with van der Waals surface area (Å²) in [6, 6.07) is 8.35. The van der Waals surface area contributed by atoms with Crippen molar-refractivity contribution in [2.75, 3.05) is 0 Å². The number of hydrogen-bond donors (Lipinski definition) is 0. The van der Waals surface area contributed by atoms with Crippen LogP contribution < -0.4 is 0 Å². The highest BCUT2D eigenvalue weighted by Gasteiger charge is 2.13. The van der Waals surface area contributed by atoms with Gasteiger partial charge in [0.05, 0.1) is 10.4 Å². The van der Waals surface area contributed by atoms with Gasteiger partial charge in [-0.15, -0.1) is 11.3 Å². The fourth-order valence-corrected chi connectivity index (χ4v) is 3.50. The maximum atomic E-state index is 4.51. The van der Waals surface area contributed by atoms with Crippen molar-refractivity contribution in [2.24, 2.45) is 0 Å². The van der Waals surface area contributed by atoms with Crippen LogP contribution in [0.5, 0.6) is 0 Å². The van der Waals surface area contributed by atoms with E-state index in [1.807, 2.05) is 54.6 Å². The second kappa shape index (κ2) is 6.94. The molecule has 0 spiro atoms. The van der Waals surface area contributed by atoms with Gasteiger partial charge < -0.3 is 4.57 Å². The lowest BCUT2D eigenvalue weighted by Crippen LogP contribution is -2.09. The Hall–Kier alpha value is -2.86. The van der Waals surface area contributed by atoms with E-state index in [1.54, 1.807) is 17.5 Å². The standard InChI is InChI=1S/C19H17N5S/c1-14(10-15-4-2-6-20-11-15)24-8-7-21-19(24)16-12-22-18(23-13-16)17-5-3-9-25-17/h2-9,11-14H,10H2,1H3/t14-/m1/s1. The van der Waals surface area contributed by atoms with Crippen LogP contribution >= 0.6 is 11.3 Å². The fraction of sp³-hybridized carbons (Fsp3) is 0.158. The third kappa shape index (κ3) is 3.34. The van der Waals surface area contributed by atoms with Crippen LogP contribution in [0.4, 0.5) is 0 Å². The summed E-state index contributed by atoms with van der Waals surface area (Å²) < 4.78 is 2.16. The lowest BCUT2D eigenvalue weighted by atomic mass is 10.1. The summed E-state index contributed by atoms with van der Waals surface area (Å²) >= 11 is 1.64. The van der Waals surface area contributed by atoms with Crippen molar-refractivity contribution in [3.05, 3.63) is 72.4 Å². The van der Waals surface area contributed by atoms with Crippen LogP contribution in [0.15, 0.2) is 66.8 Å². The first kappa shape index (κ1) is 15.7. The predicted molar refractivity (Wildman–Crippen MR) is 99.2 cm³/mol. The van der Waals surface area contributed by atoms with E-state index in [0.29, 0.717) is 0 Å². The zero-order chi connectivity index (χ0) is 17.1. The van der Waals surface area contributed by atoms with Gasteiger partial charge in [0.2, 0.25) is 0 Å². The van der Waals surface area contributed by atoms with Gasteiger partial charge in [-0.25, -0.2) is 15.0 Å². The van der Waals surface area contributed by atoms with Gasteiger partial charge in [-0.1, -0.05) is 12.1 Å². The maximum absolute atomic E-state index is 4.51. The molecule has 124 valence electrons. The van der Waals surface area contributed by atoms with Crippen LogP contribution in [0.1, 0.15) is 18.5 Å². The number of aromatic nitrogens is 5. The van der Waals surface area contributed by atoms with Crippen LogP contribution in [0.2, 0.25) is 0 Å². The molecule has 0 saturated heterocycles. The lowest BCUT2D eigenvalue weighted by Gasteiger charge is -2.16. The molecule has 0 unspecified atom stereocenters. The van der Waals surface area contributed by atoms with E-state index in [2.05, 4.69) is 37.5 Å². The molecule has 0 aliphatic heterocycles. The topological polar surface area (TPSA) is 56.5 Å². The van der Waals surface area contributed by atoms with Gasteiger partial charge in [-0.2, -0.15) is 0 Å². The van der Waals surface area contributed by atoms with Gasteiger partial charge in [0, 0.05) is 43.2 Å². The molecule has 4 aromatic rings. The second-order valence-corrected chi connectivity index (χ2v) is 6.79. The largest absolute Gasteiger partial charge is 0.328 e. The Morgan fingerprint density at radius 2 is 1.92 bits per heavy atom. The Labute approximate surface area is 150 Å². The van der Waals surface area contributed by atoms with E-state index < -0.39 is 0 Å². The molecule has 1 atom stereocenters. The van der Waals surface area contributed by atoms with Crippen molar-refractivity contribution < 1.29 is 0 Å². The van der Waals surface area contributed by atoms with E-state index >= 15 is 0 Å². The van der Waals surface area contributed by atoms with Crippen LogP contribution in [-0.2, 0) is 6.42 Å². The number of thiophene rings is 1. The van der Waals surface area contributed by atoms with Gasteiger partial charge in [-0.3, -0.25) is 4.98 Å². The molecular weight excluding hydrogens is 330 g/mol. The smallest absolute Gasteiger partial charge is 0.169 e. The van der Waals surface area contributed by atoms with Gasteiger partial charge in [-0.05, 0) is 36.4 Å². The molecule has 0 aliphatic rings. The monoisotopic (exact) mass is 347 g/mol. The molecule has 25 heavy (non-hydrogen) atoms. The predicted octanol–water partition coefficient (Wildman–Crippen LogP) is 4.27. The molecular formula is C19H17N5S. The van der Waals surface area contributed by atoms with Crippen molar-refractivity contribution in [2.45, 2.75) is 19.4 Å². The highest BCUT2D eigenvalue weighted by Crippen LogP contribution is 2.25. The van der Waals surface area contributed by atoms with E-state index in [9.17, 15) is 0 Å². The van der Waals surface area contributed by atoms with Crippen molar-refractivity contribution in [1.82, 2.24) is 24.5 Å². The van der Waals surface area contributed by atoms with E-state index in [1.165, 1.54) is 5.56 Å². The SMILES string of the molecule is C[C@H](Cc1cccnc1)n1ccnc1-c1cnc(-c2cccs2)nc1. The number of nitrogens with zero attached hydrogens (tertiary/aromatic N) is 5. The van der Waals surface area contributed by atoms with Crippen LogP contribution in [0.25, 0.3) is 22.1 Å². The average molecular weight is 347 g/mol. The number of pyridine rings is 1. The summed E-state index contributed by atoms with van der Waals surface area (Å²) in [5, 5.41) is 2.03. The molecule has 0 radical (unpaired) electrons. The second-order valence-electron chi connectivity index (χ2n) is 5.85. The highest BCUT2D eigenvalue weighted by atomic mass is 32.1. The summed E-state index contributed by atoms with van der Waals surface area (Å²) in [6.07, 6.45) is 12.1. The third-order valence-corrected chi connectivity index (χ3v) is 4.91. The fourth-order valence-electron chi connectivity index (χ4n) is 2.83. The number of hydrogen-bond acceptors (Lipinski definition) is 5. The summed E-state index contributed by atoms with van der Waals surface area (Å²) in [4.78, 5) is 18.8. The molecule has 0 aromatic carbocycles. The molecule has 0 aliphatic carbocycles.